The van der Waals surface area contributed by atoms with Crippen LogP contribution >= 0.6 is 15.9 Å². The Labute approximate surface area is 210 Å². The van der Waals surface area contributed by atoms with Crippen molar-refractivity contribution in [3.8, 4) is 28.7 Å². The minimum absolute atomic E-state index is 0.129. The number of rotatable bonds is 5. The van der Waals surface area contributed by atoms with Crippen molar-refractivity contribution in [1.29, 1.82) is 0 Å². The zero-order valence-corrected chi connectivity index (χ0v) is 20.8. The van der Waals surface area contributed by atoms with Gasteiger partial charge in [0.05, 0.1) is 33.3 Å². The van der Waals surface area contributed by atoms with Gasteiger partial charge in [0.1, 0.15) is 17.2 Å². The summed E-state index contributed by atoms with van der Waals surface area (Å²) in [6.07, 6.45) is 1.75. The summed E-state index contributed by atoms with van der Waals surface area (Å²) in [5.41, 5.74) is 2.59. The number of ether oxygens (including phenoxy) is 5. The van der Waals surface area contributed by atoms with Crippen LogP contribution in [0.2, 0.25) is 0 Å². The molecule has 0 radical (unpaired) electrons. The van der Waals surface area contributed by atoms with E-state index in [-0.39, 0.29) is 29.9 Å². The van der Waals surface area contributed by atoms with E-state index >= 15 is 0 Å². The molecule has 7 nitrogen and oxygen atoms in total. The third-order valence-electron chi connectivity index (χ3n) is 6.05. The maximum atomic E-state index is 13.3. The van der Waals surface area contributed by atoms with Crippen LogP contribution in [-0.4, -0.2) is 33.1 Å². The van der Waals surface area contributed by atoms with Gasteiger partial charge in [0.15, 0.2) is 17.3 Å². The van der Waals surface area contributed by atoms with Crippen LogP contribution in [0.3, 0.4) is 0 Å². The molecular formula is C27H21BrO7. The molecule has 0 saturated heterocycles. The SMILES string of the molecule is COc1cc(OC)c(OC)cc1/C=C1/Oc2c(ccc3c2C(c2cccc(Br)c2)CC(=O)O3)C1=O. The third kappa shape index (κ3) is 4.04. The lowest BCUT2D eigenvalue weighted by molar-refractivity contribution is -0.135. The highest BCUT2D eigenvalue weighted by Crippen LogP contribution is 2.49. The number of carbonyl (C=O) groups excluding carboxylic acids is 2. The van der Waals surface area contributed by atoms with Crippen LogP contribution in [0.4, 0.5) is 0 Å². The van der Waals surface area contributed by atoms with Crippen molar-refractivity contribution in [3.63, 3.8) is 0 Å². The van der Waals surface area contributed by atoms with Gasteiger partial charge < -0.3 is 23.7 Å². The molecule has 0 fully saturated rings. The predicted octanol–water partition coefficient (Wildman–Crippen LogP) is 5.53. The van der Waals surface area contributed by atoms with E-state index in [9.17, 15) is 9.59 Å². The van der Waals surface area contributed by atoms with Crippen molar-refractivity contribution in [2.45, 2.75) is 12.3 Å². The van der Waals surface area contributed by atoms with Crippen LogP contribution in [0.5, 0.6) is 28.7 Å². The predicted molar refractivity (Wildman–Crippen MR) is 132 cm³/mol. The molecule has 1 atom stereocenters. The first-order valence-electron chi connectivity index (χ1n) is 10.8. The van der Waals surface area contributed by atoms with Crippen LogP contribution in [-0.2, 0) is 4.79 Å². The minimum atomic E-state index is -0.336. The van der Waals surface area contributed by atoms with E-state index in [1.807, 2.05) is 24.3 Å². The maximum absolute atomic E-state index is 13.3. The molecule has 8 heteroatoms. The largest absolute Gasteiger partial charge is 0.496 e. The Hall–Kier alpha value is -3.78. The monoisotopic (exact) mass is 536 g/mol. The summed E-state index contributed by atoms with van der Waals surface area (Å²) in [4.78, 5) is 25.7. The summed E-state index contributed by atoms with van der Waals surface area (Å²) >= 11 is 3.50. The Morgan fingerprint density at radius 1 is 0.914 bits per heavy atom. The van der Waals surface area contributed by atoms with Crippen molar-refractivity contribution >= 4 is 33.8 Å². The number of halogens is 1. The quantitative estimate of drug-likeness (QED) is 0.241. The smallest absolute Gasteiger partial charge is 0.312 e. The van der Waals surface area contributed by atoms with E-state index in [1.54, 1.807) is 30.3 Å². The van der Waals surface area contributed by atoms with Crippen LogP contribution in [0.1, 0.15) is 39.4 Å². The number of allylic oxidation sites excluding steroid dienone is 1. The Kier molecular flexibility index (Phi) is 5.98. The number of carbonyl (C=O) groups is 2. The number of ketones is 1. The highest BCUT2D eigenvalue weighted by molar-refractivity contribution is 9.10. The summed E-state index contributed by atoms with van der Waals surface area (Å²) in [5, 5.41) is 0. The molecule has 0 saturated carbocycles. The lowest BCUT2D eigenvalue weighted by Gasteiger charge is -2.26. The summed E-state index contributed by atoms with van der Waals surface area (Å²) in [5.74, 6) is 1.47. The maximum Gasteiger partial charge on any atom is 0.312 e. The molecule has 178 valence electrons. The van der Waals surface area contributed by atoms with Crippen molar-refractivity contribution in [2.75, 3.05) is 21.3 Å². The van der Waals surface area contributed by atoms with Crippen LogP contribution in [0.25, 0.3) is 6.08 Å². The fourth-order valence-corrected chi connectivity index (χ4v) is 4.84. The summed E-state index contributed by atoms with van der Waals surface area (Å²) in [6, 6.07) is 14.4. The summed E-state index contributed by atoms with van der Waals surface area (Å²) in [6.45, 7) is 0. The van der Waals surface area contributed by atoms with Gasteiger partial charge >= 0.3 is 5.97 Å². The van der Waals surface area contributed by atoms with Gasteiger partial charge in [-0.05, 0) is 42.0 Å². The topological polar surface area (TPSA) is 80.3 Å². The number of methoxy groups -OCH3 is 3. The average Bonchev–Trinajstić information content (AvgIpc) is 3.18. The minimum Gasteiger partial charge on any atom is -0.496 e. The molecule has 0 N–H and O–H groups in total. The second-order valence-corrected chi connectivity index (χ2v) is 8.94. The first-order valence-corrected chi connectivity index (χ1v) is 11.6. The van der Waals surface area contributed by atoms with Gasteiger partial charge in [-0.1, -0.05) is 28.1 Å². The van der Waals surface area contributed by atoms with Crippen molar-refractivity contribution in [3.05, 3.63) is 81.0 Å². The van der Waals surface area contributed by atoms with Gasteiger partial charge in [-0.2, -0.15) is 0 Å². The lowest BCUT2D eigenvalue weighted by atomic mass is 9.85. The van der Waals surface area contributed by atoms with Crippen LogP contribution in [0.15, 0.2) is 58.8 Å². The molecule has 2 heterocycles. The molecule has 35 heavy (non-hydrogen) atoms. The van der Waals surface area contributed by atoms with Gasteiger partial charge in [0, 0.05) is 27.6 Å². The van der Waals surface area contributed by atoms with Gasteiger partial charge in [0.25, 0.3) is 0 Å². The van der Waals surface area contributed by atoms with E-state index < -0.39 is 0 Å². The molecule has 5 rings (SSSR count). The van der Waals surface area contributed by atoms with E-state index in [2.05, 4.69) is 15.9 Å². The highest BCUT2D eigenvalue weighted by atomic mass is 79.9. The zero-order valence-electron chi connectivity index (χ0n) is 19.2. The van der Waals surface area contributed by atoms with E-state index in [0.717, 1.165) is 10.0 Å². The molecule has 0 aliphatic carbocycles. The Bertz CT molecular complexity index is 1390. The third-order valence-corrected chi connectivity index (χ3v) is 6.55. The Morgan fingerprint density at radius 3 is 2.37 bits per heavy atom. The molecule has 0 amide bonds. The Morgan fingerprint density at radius 2 is 1.66 bits per heavy atom. The van der Waals surface area contributed by atoms with Gasteiger partial charge in [-0.25, -0.2) is 0 Å². The van der Waals surface area contributed by atoms with Crippen LogP contribution < -0.4 is 23.7 Å². The van der Waals surface area contributed by atoms with Crippen LogP contribution in [0, 0.1) is 0 Å². The van der Waals surface area contributed by atoms with E-state index in [4.69, 9.17) is 23.7 Å². The molecule has 3 aromatic carbocycles. The summed E-state index contributed by atoms with van der Waals surface area (Å²) < 4.78 is 28.8. The number of benzene rings is 3. The first kappa shape index (κ1) is 23.0. The number of esters is 1. The molecule has 3 aromatic rings. The first-order chi connectivity index (χ1) is 16.9. The van der Waals surface area contributed by atoms with Gasteiger partial charge in [0.2, 0.25) is 5.78 Å². The van der Waals surface area contributed by atoms with Crippen molar-refractivity contribution in [2.24, 2.45) is 0 Å². The molecule has 0 bridgehead atoms. The van der Waals surface area contributed by atoms with Gasteiger partial charge in [-0.15, -0.1) is 0 Å². The second kappa shape index (κ2) is 9.11. The highest BCUT2D eigenvalue weighted by Gasteiger charge is 2.38. The number of hydrogen-bond donors (Lipinski definition) is 0. The fraction of sp³-hybridized carbons (Fsp3) is 0.185. The molecule has 0 aromatic heterocycles. The van der Waals surface area contributed by atoms with Crippen molar-refractivity contribution in [1.82, 2.24) is 0 Å². The molecule has 1 unspecified atom stereocenters. The van der Waals surface area contributed by atoms with Crippen molar-refractivity contribution < 1.29 is 33.3 Å². The van der Waals surface area contributed by atoms with E-state index in [1.165, 1.54) is 21.3 Å². The molecule has 0 spiro atoms. The normalized spacial score (nSPS) is 17.4. The van der Waals surface area contributed by atoms with Gasteiger partial charge in [-0.3, -0.25) is 9.59 Å². The molecule has 2 aliphatic heterocycles. The van der Waals surface area contributed by atoms with E-state index in [0.29, 0.717) is 45.4 Å². The average molecular weight is 537 g/mol. The number of hydrogen-bond acceptors (Lipinski definition) is 7. The standard InChI is InChI=1S/C27H21BrO7/c1-31-20-13-22(33-3)21(32-2)10-15(20)11-23-26(30)17-7-8-19-25(27(17)35-23)18(12-24(29)34-19)14-5-4-6-16(28)9-14/h4-11,13,18H,12H2,1-3H3/b23-11+. The number of fused-ring (bicyclic) bond motifs is 3. The Balaban J connectivity index is 1.61. The summed E-state index contributed by atoms with van der Waals surface area (Å²) in [7, 11) is 4.60. The number of Topliss-reactive ketones (excluding diaryl/α,β-unsaturated/α-hetero) is 1. The fourth-order valence-electron chi connectivity index (χ4n) is 4.42. The molecular weight excluding hydrogens is 516 g/mol. The lowest BCUT2D eigenvalue weighted by Crippen LogP contribution is -2.21. The zero-order chi connectivity index (χ0) is 24.7. The second-order valence-electron chi connectivity index (χ2n) is 8.03. The molecule has 2 aliphatic rings.